The topological polar surface area (TPSA) is 61.9 Å². The van der Waals surface area contributed by atoms with Gasteiger partial charge in [0.15, 0.2) is 0 Å². The average molecular weight is 560 g/mol. The van der Waals surface area contributed by atoms with Crippen LogP contribution < -0.4 is 5.32 Å². The summed E-state index contributed by atoms with van der Waals surface area (Å²) in [6.45, 7) is 6.93. The minimum absolute atomic E-state index is 0.0858. The van der Waals surface area contributed by atoms with Crippen LogP contribution >= 0.6 is 11.6 Å². The van der Waals surface area contributed by atoms with Crippen molar-refractivity contribution in [1.29, 1.82) is 0 Å². The van der Waals surface area contributed by atoms with Gasteiger partial charge < -0.3 is 15.0 Å². The van der Waals surface area contributed by atoms with Crippen molar-refractivity contribution in [3.05, 3.63) is 102 Å². The number of hydrogen-bond acceptors (Lipinski definition) is 4. The molecule has 4 rings (SSSR count). The van der Waals surface area contributed by atoms with Crippen LogP contribution in [0.1, 0.15) is 45.2 Å². The molecule has 0 spiro atoms. The van der Waals surface area contributed by atoms with Crippen LogP contribution in [0, 0.1) is 0 Å². The lowest BCUT2D eigenvalue weighted by Crippen LogP contribution is -2.47. The van der Waals surface area contributed by atoms with E-state index < -0.39 is 5.60 Å². The van der Waals surface area contributed by atoms with Gasteiger partial charge in [-0.15, -0.1) is 0 Å². The highest BCUT2D eigenvalue weighted by Gasteiger charge is 2.30. The van der Waals surface area contributed by atoms with E-state index in [2.05, 4.69) is 29.4 Å². The predicted molar refractivity (Wildman–Crippen MR) is 162 cm³/mol. The number of piperidine rings is 1. The molecule has 1 unspecified atom stereocenters. The summed E-state index contributed by atoms with van der Waals surface area (Å²) >= 11 is 6.00. The van der Waals surface area contributed by atoms with Crippen molar-refractivity contribution in [2.75, 3.05) is 25.5 Å². The summed E-state index contributed by atoms with van der Waals surface area (Å²) in [5.41, 5.74) is 3.44. The van der Waals surface area contributed by atoms with Crippen molar-refractivity contribution in [2.24, 2.45) is 0 Å². The monoisotopic (exact) mass is 559 g/mol. The summed E-state index contributed by atoms with van der Waals surface area (Å²) < 4.78 is 5.55. The highest BCUT2D eigenvalue weighted by atomic mass is 35.5. The second-order valence-corrected chi connectivity index (χ2v) is 11.6. The number of nitrogens with zero attached hydrogens (tertiary/aromatic N) is 2. The summed E-state index contributed by atoms with van der Waals surface area (Å²) in [6.07, 6.45) is 4.97. The van der Waals surface area contributed by atoms with Crippen molar-refractivity contribution < 1.29 is 14.3 Å². The normalized spacial score (nSPS) is 15.3. The summed E-state index contributed by atoms with van der Waals surface area (Å²) in [6, 6.07) is 25.8. The smallest absolute Gasteiger partial charge is 0.410 e. The SMILES string of the molecule is CN(C1CCN(C(=O)OC(C)(C)C)CC1)C(C=CC(=O)Nc1ccc(-c2ccc(Cl)cc2)cc1)c1ccccc1. The van der Waals surface area contributed by atoms with E-state index in [1.54, 1.807) is 11.0 Å². The van der Waals surface area contributed by atoms with Gasteiger partial charge in [0.25, 0.3) is 0 Å². The first-order chi connectivity index (χ1) is 19.1. The van der Waals surface area contributed by atoms with Crippen LogP contribution in [-0.2, 0) is 9.53 Å². The zero-order chi connectivity index (χ0) is 28.7. The maximum atomic E-state index is 12.9. The third-order valence-corrected chi connectivity index (χ3v) is 7.28. The maximum absolute atomic E-state index is 12.9. The number of anilines is 1. The first kappa shape index (κ1) is 29.4. The Kier molecular flexibility index (Phi) is 9.67. The molecule has 1 saturated heterocycles. The van der Waals surface area contributed by atoms with E-state index in [1.807, 2.05) is 93.6 Å². The molecule has 3 aromatic carbocycles. The fraction of sp³-hybridized carbons (Fsp3) is 0.333. The Balaban J connectivity index is 1.39. The number of amides is 2. The van der Waals surface area contributed by atoms with Crippen LogP contribution in [0.25, 0.3) is 11.1 Å². The molecule has 2 amide bonds. The molecular formula is C33H38ClN3O3. The summed E-state index contributed by atoms with van der Waals surface area (Å²) in [7, 11) is 2.09. The zero-order valence-electron chi connectivity index (χ0n) is 23.6. The van der Waals surface area contributed by atoms with Crippen LogP contribution in [0.3, 0.4) is 0 Å². The van der Waals surface area contributed by atoms with Crippen LogP contribution in [0.2, 0.25) is 5.02 Å². The molecule has 210 valence electrons. The van der Waals surface area contributed by atoms with E-state index in [0.717, 1.165) is 35.2 Å². The summed E-state index contributed by atoms with van der Waals surface area (Å²) in [5, 5.41) is 3.67. The fourth-order valence-electron chi connectivity index (χ4n) is 4.89. The average Bonchev–Trinajstić information content (AvgIpc) is 2.94. The molecule has 1 aliphatic rings. The summed E-state index contributed by atoms with van der Waals surface area (Å²) in [4.78, 5) is 29.5. The van der Waals surface area contributed by atoms with Crippen molar-refractivity contribution in [3.8, 4) is 11.1 Å². The van der Waals surface area contributed by atoms with E-state index in [0.29, 0.717) is 18.1 Å². The van der Waals surface area contributed by atoms with Gasteiger partial charge in [-0.1, -0.05) is 72.3 Å². The van der Waals surface area contributed by atoms with Gasteiger partial charge in [0, 0.05) is 35.9 Å². The lowest BCUT2D eigenvalue weighted by molar-refractivity contribution is -0.112. The van der Waals surface area contributed by atoms with Crippen molar-refractivity contribution in [2.45, 2.75) is 51.3 Å². The Morgan fingerprint density at radius 3 is 2.10 bits per heavy atom. The molecule has 1 heterocycles. The first-order valence-corrected chi connectivity index (χ1v) is 14.1. The Morgan fingerprint density at radius 2 is 1.52 bits per heavy atom. The first-order valence-electron chi connectivity index (χ1n) is 13.7. The number of carbonyl (C=O) groups excluding carboxylic acids is 2. The minimum Gasteiger partial charge on any atom is -0.444 e. The molecular weight excluding hydrogens is 522 g/mol. The molecule has 1 atom stereocenters. The molecule has 1 N–H and O–H groups in total. The van der Waals surface area contributed by atoms with E-state index in [1.165, 1.54) is 0 Å². The number of rotatable bonds is 7. The van der Waals surface area contributed by atoms with Gasteiger partial charge in [-0.05, 0) is 81.6 Å². The second kappa shape index (κ2) is 13.2. The Morgan fingerprint density at radius 1 is 0.950 bits per heavy atom. The molecule has 0 saturated carbocycles. The second-order valence-electron chi connectivity index (χ2n) is 11.2. The van der Waals surface area contributed by atoms with Gasteiger partial charge in [0.1, 0.15) is 5.60 Å². The molecule has 1 aliphatic heterocycles. The van der Waals surface area contributed by atoms with Crippen LogP contribution in [0.5, 0.6) is 0 Å². The lowest BCUT2D eigenvalue weighted by Gasteiger charge is -2.40. The van der Waals surface area contributed by atoms with Gasteiger partial charge in [-0.3, -0.25) is 9.69 Å². The quantitative estimate of drug-likeness (QED) is 0.303. The highest BCUT2D eigenvalue weighted by molar-refractivity contribution is 6.30. The third-order valence-electron chi connectivity index (χ3n) is 7.03. The van der Waals surface area contributed by atoms with Gasteiger partial charge in [0.05, 0.1) is 6.04 Å². The number of carbonyl (C=O) groups is 2. The molecule has 7 heteroatoms. The molecule has 1 fully saturated rings. The number of likely N-dealkylation sites (N-methyl/N-ethyl adjacent to an activating group) is 1. The van der Waals surface area contributed by atoms with Crippen molar-refractivity contribution in [3.63, 3.8) is 0 Å². The van der Waals surface area contributed by atoms with Crippen molar-refractivity contribution >= 4 is 29.3 Å². The molecule has 0 radical (unpaired) electrons. The molecule has 3 aromatic rings. The van der Waals surface area contributed by atoms with E-state index >= 15 is 0 Å². The zero-order valence-corrected chi connectivity index (χ0v) is 24.4. The molecule has 0 aromatic heterocycles. The standard InChI is InChI=1S/C33H38ClN3O3/c1-33(2,3)40-32(39)37-22-20-29(21-23-37)36(4)30(26-8-6-5-7-9-26)18-19-31(38)35-28-16-12-25(13-17-28)24-10-14-27(34)15-11-24/h5-19,29-30H,20-23H2,1-4H3,(H,35,38). The van der Waals surface area contributed by atoms with Crippen LogP contribution in [0.15, 0.2) is 91.0 Å². The molecule has 0 bridgehead atoms. The third kappa shape index (κ3) is 8.20. The number of ether oxygens (including phenoxy) is 1. The highest BCUT2D eigenvalue weighted by Crippen LogP contribution is 2.28. The summed E-state index contributed by atoms with van der Waals surface area (Å²) in [5.74, 6) is -0.187. The Bertz CT molecular complexity index is 1290. The van der Waals surface area contributed by atoms with Gasteiger partial charge >= 0.3 is 6.09 Å². The van der Waals surface area contributed by atoms with Gasteiger partial charge in [-0.25, -0.2) is 4.79 Å². The minimum atomic E-state index is -0.507. The fourth-order valence-corrected chi connectivity index (χ4v) is 5.02. The van der Waals surface area contributed by atoms with E-state index in [-0.39, 0.29) is 24.1 Å². The van der Waals surface area contributed by atoms with Crippen LogP contribution in [0.4, 0.5) is 10.5 Å². The van der Waals surface area contributed by atoms with Gasteiger partial charge in [-0.2, -0.15) is 0 Å². The number of halogens is 1. The van der Waals surface area contributed by atoms with E-state index in [4.69, 9.17) is 16.3 Å². The van der Waals surface area contributed by atoms with Gasteiger partial charge in [0.2, 0.25) is 5.91 Å². The van der Waals surface area contributed by atoms with Crippen LogP contribution in [-0.4, -0.2) is 53.6 Å². The van der Waals surface area contributed by atoms with Crippen molar-refractivity contribution in [1.82, 2.24) is 9.80 Å². The molecule has 6 nitrogen and oxygen atoms in total. The largest absolute Gasteiger partial charge is 0.444 e. The number of nitrogens with one attached hydrogen (secondary N) is 1. The molecule has 0 aliphatic carbocycles. The van der Waals surface area contributed by atoms with E-state index in [9.17, 15) is 9.59 Å². The predicted octanol–water partition coefficient (Wildman–Crippen LogP) is 7.57. The number of hydrogen-bond donors (Lipinski definition) is 1. The molecule has 40 heavy (non-hydrogen) atoms. The lowest BCUT2D eigenvalue weighted by atomic mass is 9.98. The Labute approximate surface area is 242 Å². The number of benzene rings is 3. The maximum Gasteiger partial charge on any atom is 0.410 e. The number of likely N-dealkylation sites (tertiary alicyclic amines) is 1. The Hall–Kier alpha value is -3.61.